The third-order valence-electron chi connectivity index (χ3n) is 6.73. The van der Waals surface area contributed by atoms with Gasteiger partial charge in [-0.3, -0.25) is 9.59 Å². The molecule has 0 aromatic heterocycles. The van der Waals surface area contributed by atoms with Crippen LogP contribution in [0.5, 0.6) is 0 Å². The van der Waals surface area contributed by atoms with E-state index in [2.05, 4.69) is 55.6 Å². The summed E-state index contributed by atoms with van der Waals surface area (Å²) in [5.41, 5.74) is 7.00. The first-order chi connectivity index (χ1) is 18.1. The van der Waals surface area contributed by atoms with E-state index >= 15 is 0 Å². The largest absolute Gasteiger partial charge is 0.379 e. The lowest BCUT2D eigenvalue weighted by Crippen LogP contribution is -2.25. The highest BCUT2D eigenvalue weighted by molar-refractivity contribution is 5.96. The van der Waals surface area contributed by atoms with Crippen molar-refractivity contribution in [2.75, 3.05) is 33.0 Å². The van der Waals surface area contributed by atoms with Crippen LogP contribution in [0, 0.1) is 0 Å². The van der Waals surface area contributed by atoms with Gasteiger partial charge in [0.1, 0.15) is 5.78 Å². The van der Waals surface area contributed by atoms with Gasteiger partial charge < -0.3 is 14.8 Å². The molecule has 1 aliphatic rings. The van der Waals surface area contributed by atoms with Crippen LogP contribution in [0.2, 0.25) is 0 Å². The summed E-state index contributed by atoms with van der Waals surface area (Å²) in [6.07, 6.45) is 10.0. The van der Waals surface area contributed by atoms with Crippen molar-refractivity contribution < 1.29 is 19.1 Å². The van der Waals surface area contributed by atoms with Crippen molar-refractivity contribution in [3.05, 3.63) is 76.4 Å². The van der Waals surface area contributed by atoms with Gasteiger partial charge in [0.2, 0.25) is 0 Å². The second-order valence-corrected chi connectivity index (χ2v) is 9.66. The number of benzene rings is 2. The molecule has 0 fully saturated rings. The molecule has 0 heterocycles. The third-order valence-corrected chi connectivity index (χ3v) is 6.73. The lowest BCUT2D eigenvalue weighted by Gasteiger charge is -2.14. The van der Waals surface area contributed by atoms with E-state index in [1.807, 2.05) is 12.1 Å². The molecule has 5 nitrogen and oxygen atoms in total. The monoisotopic (exact) mass is 505 g/mol. The Bertz CT molecular complexity index is 1040. The van der Waals surface area contributed by atoms with Crippen LogP contribution in [0.4, 0.5) is 0 Å². The van der Waals surface area contributed by atoms with Crippen LogP contribution in [0.15, 0.2) is 48.5 Å². The first-order valence-electron chi connectivity index (χ1n) is 14.0. The molecule has 200 valence electrons. The van der Waals surface area contributed by atoms with Gasteiger partial charge in [0, 0.05) is 31.6 Å². The number of ether oxygens (including phenoxy) is 2. The number of amides is 1. The van der Waals surface area contributed by atoms with Gasteiger partial charge in [0.25, 0.3) is 5.91 Å². The number of Topliss-reactive ketones (excluding diaryl/α,β-unsaturated/α-hetero) is 1. The van der Waals surface area contributed by atoms with Crippen LogP contribution in [0.1, 0.15) is 91.4 Å². The number of unbranched alkanes of at least 4 members (excludes halogenated alkanes) is 2. The number of ketones is 1. The normalized spacial score (nSPS) is 13.6. The van der Waals surface area contributed by atoms with Crippen molar-refractivity contribution in [1.82, 2.24) is 5.32 Å². The van der Waals surface area contributed by atoms with Gasteiger partial charge in [-0.05, 0) is 72.1 Å². The number of hydrogen-bond acceptors (Lipinski definition) is 4. The average Bonchev–Trinajstić information content (AvgIpc) is 3.07. The van der Waals surface area contributed by atoms with Crippen LogP contribution in [0.25, 0.3) is 5.57 Å². The quantitative estimate of drug-likeness (QED) is 0.271. The molecule has 1 N–H and O–H groups in total. The maximum atomic E-state index is 12.9. The number of fused-ring (bicyclic) bond motifs is 2. The minimum atomic E-state index is -0.0889. The van der Waals surface area contributed by atoms with Gasteiger partial charge in [-0.25, -0.2) is 0 Å². The van der Waals surface area contributed by atoms with Crippen LogP contribution in [0.3, 0.4) is 0 Å². The van der Waals surface area contributed by atoms with Gasteiger partial charge in [0.05, 0.1) is 19.8 Å². The maximum Gasteiger partial charge on any atom is 0.251 e. The molecule has 0 radical (unpaired) electrons. The highest BCUT2D eigenvalue weighted by atomic mass is 16.5. The summed E-state index contributed by atoms with van der Waals surface area (Å²) in [5, 5.41) is 3.00. The molecule has 0 saturated heterocycles. The molecule has 2 aromatic rings. The van der Waals surface area contributed by atoms with E-state index in [9.17, 15) is 9.59 Å². The van der Waals surface area contributed by atoms with Gasteiger partial charge in [-0.15, -0.1) is 0 Å². The Labute approximate surface area is 222 Å². The summed E-state index contributed by atoms with van der Waals surface area (Å²) in [4.78, 5) is 25.0. The second-order valence-electron chi connectivity index (χ2n) is 9.66. The molecular weight excluding hydrogens is 462 g/mol. The van der Waals surface area contributed by atoms with E-state index < -0.39 is 0 Å². The third kappa shape index (κ3) is 9.24. The van der Waals surface area contributed by atoms with Gasteiger partial charge in [-0.1, -0.05) is 63.1 Å². The fourth-order valence-electron chi connectivity index (χ4n) is 4.58. The predicted molar refractivity (Wildman–Crippen MR) is 150 cm³/mol. The van der Waals surface area contributed by atoms with E-state index in [1.165, 1.54) is 22.3 Å². The molecule has 0 bridgehead atoms. The first kappa shape index (κ1) is 28.8. The zero-order chi connectivity index (χ0) is 26.3. The summed E-state index contributed by atoms with van der Waals surface area (Å²) < 4.78 is 10.9. The van der Waals surface area contributed by atoms with E-state index in [0.717, 1.165) is 50.7 Å². The summed E-state index contributed by atoms with van der Waals surface area (Å²) in [5.74, 6) is 0.0737. The molecule has 1 amide bonds. The van der Waals surface area contributed by atoms with Crippen molar-refractivity contribution in [3.8, 4) is 0 Å². The Morgan fingerprint density at radius 3 is 2.38 bits per heavy atom. The molecular formula is C32H43NO4. The Kier molecular flexibility index (Phi) is 12.6. The molecule has 0 spiro atoms. The number of hydrogen-bond donors (Lipinski definition) is 1. The fraction of sp³-hybridized carbons (Fsp3) is 0.500. The molecule has 0 unspecified atom stereocenters. The van der Waals surface area contributed by atoms with Crippen LogP contribution < -0.4 is 5.32 Å². The molecule has 1 aliphatic carbocycles. The van der Waals surface area contributed by atoms with Gasteiger partial charge >= 0.3 is 0 Å². The molecule has 5 heteroatoms. The number of carbonyl (C=O) groups is 2. The minimum Gasteiger partial charge on any atom is -0.379 e. The Hall–Kier alpha value is -2.76. The standard InChI is InChI=1S/C32H43NO4/c1-3-5-12-30-29-13-8-7-10-25(29)14-15-26-16-17-27(24-31(26)30)32(35)33-19-9-11-28(34)18-21-37-23-22-36-20-6-4-2/h7-8,10,12-13,16-17,24H,3-6,9,11,14-15,18-23H2,1-2H3,(H,33,35)/b30-12+. The minimum absolute atomic E-state index is 0.0889. The highest BCUT2D eigenvalue weighted by Gasteiger charge is 2.19. The number of carbonyl (C=O) groups excluding carboxylic acids is 2. The number of allylic oxidation sites excluding steroid dienone is 1. The number of nitrogens with one attached hydrogen (secondary N) is 1. The van der Waals surface area contributed by atoms with Crippen molar-refractivity contribution in [1.29, 1.82) is 0 Å². The van der Waals surface area contributed by atoms with E-state index in [0.29, 0.717) is 51.2 Å². The highest BCUT2D eigenvalue weighted by Crippen LogP contribution is 2.34. The number of rotatable bonds is 16. The van der Waals surface area contributed by atoms with E-state index in [4.69, 9.17) is 9.47 Å². The molecule has 37 heavy (non-hydrogen) atoms. The van der Waals surface area contributed by atoms with E-state index in [1.54, 1.807) is 0 Å². The SMILES string of the molecule is CCC/C=C1\c2ccccc2CCc2ccc(C(=O)NCCCC(=O)CCOCCOCCCC)cc21. The number of aryl methyl sites for hydroxylation is 2. The van der Waals surface area contributed by atoms with Crippen molar-refractivity contribution in [2.45, 2.75) is 71.6 Å². The van der Waals surface area contributed by atoms with E-state index in [-0.39, 0.29) is 11.7 Å². The zero-order valence-electron chi connectivity index (χ0n) is 22.7. The molecule has 3 rings (SSSR count). The van der Waals surface area contributed by atoms with Crippen LogP contribution in [-0.2, 0) is 27.1 Å². The zero-order valence-corrected chi connectivity index (χ0v) is 22.7. The summed E-state index contributed by atoms with van der Waals surface area (Å²) in [7, 11) is 0. The summed E-state index contributed by atoms with van der Waals surface area (Å²) in [6.45, 7) is 7.09. The van der Waals surface area contributed by atoms with Crippen molar-refractivity contribution in [2.24, 2.45) is 0 Å². The van der Waals surface area contributed by atoms with Crippen LogP contribution in [-0.4, -0.2) is 44.7 Å². The maximum absolute atomic E-state index is 12.9. The Morgan fingerprint density at radius 1 is 0.838 bits per heavy atom. The van der Waals surface area contributed by atoms with Crippen LogP contribution >= 0.6 is 0 Å². The van der Waals surface area contributed by atoms with Crippen molar-refractivity contribution in [3.63, 3.8) is 0 Å². The molecule has 0 aliphatic heterocycles. The topological polar surface area (TPSA) is 64.6 Å². The fourth-order valence-corrected chi connectivity index (χ4v) is 4.58. The predicted octanol–water partition coefficient (Wildman–Crippen LogP) is 6.32. The lowest BCUT2D eigenvalue weighted by atomic mass is 9.91. The average molecular weight is 506 g/mol. The summed E-state index contributed by atoms with van der Waals surface area (Å²) in [6, 6.07) is 14.7. The Morgan fingerprint density at radius 2 is 1.59 bits per heavy atom. The first-order valence-corrected chi connectivity index (χ1v) is 14.0. The summed E-state index contributed by atoms with van der Waals surface area (Å²) >= 11 is 0. The van der Waals surface area contributed by atoms with Gasteiger partial charge in [-0.2, -0.15) is 0 Å². The second kappa shape index (κ2) is 16.2. The molecule has 2 aromatic carbocycles. The smallest absolute Gasteiger partial charge is 0.251 e. The van der Waals surface area contributed by atoms with Gasteiger partial charge in [0.15, 0.2) is 0 Å². The lowest BCUT2D eigenvalue weighted by molar-refractivity contribution is -0.120. The molecule has 0 atom stereocenters. The molecule has 0 saturated carbocycles. The Balaban J connectivity index is 1.47. The van der Waals surface area contributed by atoms with Crippen molar-refractivity contribution >= 4 is 17.3 Å².